The summed E-state index contributed by atoms with van der Waals surface area (Å²) in [4.78, 5) is 39.0. The van der Waals surface area contributed by atoms with Gasteiger partial charge in [-0.3, -0.25) is 14.4 Å². The first kappa shape index (κ1) is 23.9. The van der Waals surface area contributed by atoms with E-state index in [1.54, 1.807) is 23.2 Å². The van der Waals surface area contributed by atoms with Crippen molar-refractivity contribution in [1.29, 1.82) is 0 Å². The molecule has 2 N–H and O–H groups in total. The number of nitrogens with zero attached hydrogens (tertiary/aromatic N) is 1. The fourth-order valence-electron chi connectivity index (χ4n) is 4.13. The first-order valence-electron chi connectivity index (χ1n) is 11.3. The zero-order valence-electron chi connectivity index (χ0n) is 19.5. The molecule has 3 aromatic rings. The molecule has 0 aliphatic carbocycles. The summed E-state index contributed by atoms with van der Waals surface area (Å²) in [5.74, 6) is -1.04. The molecule has 1 heterocycles. The predicted octanol–water partition coefficient (Wildman–Crippen LogP) is 5.22. The Morgan fingerprint density at radius 1 is 0.971 bits per heavy atom. The van der Waals surface area contributed by atoms with Gasteiger partial charge in [-0.15, -0.1) is 0 Å². The van der Waals surface area contributed by atoms with E-state index in [9.17, 15) is 18.8 Å². The van der Waals surface area contributed by atoms with Crippen molar-refractivity contribution in [2.45, 2.75) is 32.4 Å². The van der Waals surface area contributed by atoms with E-state index in [2.05, 4.69) is 10.6 Å². The van der Waals surface area contributed by atoms with E-state index in [0.717, 1.165) is 16.7 Å². The fraction of sp³-hybridized carbons (Fsp3) is 0.179. The van der Waals surface area contributed by atoms with Crippen LogP contribution in [0.4, 0.5) is 10.1 Å². The van der Waals surface area contributed by atoms with Crippen molar-refractivity contribution < 1.29 is 18.8 Å². The minimum absolute atomic E-state index is 0.125. The summed E-state index contributed by atoms with van der Waals surface area (Å²) < 4.78 is 13.1. The molecule has 7 heteroatoms. The van der Waals surface area contributed by atoms with E-state index in [4.69, 9.17) is 0 Å². The van der Waals surface area contributed by atoms with Gasteiger partial charge >= 0.3 is 0 Å². The summed E-state index contributed by atoms with van der Waals surface area (Å²) in [5.41, 5.74) is 3.74. The van der Waals surface area contributed by atoms with Gasteiger partial charge in [0.05, 0.1) is 18.5 Å². The molecule has 2 atom stereocenters. The summed E-state index contributed by atoms with van der Waals surface area (Å²) in [5, 5.41) is 5.77. The molecule has 0 saturated heterocycles. The largest absolute Gasteiger partial charge is 0.350 e. The first-order chi connectivity index (χ1) is 16.8. The molecule has 178 valence electrons. The van der Waals surface area contributed by atoms with Gasteiger partial charge in [-0.25, -0.2) is 4.39 Å². The third-order valence-electron chi connectivity index (χ3n) is 6.00. The van der Waals surface area contributed by atoms with E-state index >= 15 is 0 Å². The molecule has 0 bridgehead atoms. The smallest absolute Gasteiger partial charge is 0.255 e. The Morgan fingerprint density at radius 3 is 2.34 bits per heavy atom. The van der Waals surface area contributed by atoms with Crippen LogP contribution in [0.25, 0.3) is 6.08 Å². The highest BCUT2D eigenvalue weighted by atomic mass is 19.1. The number of carbonyl (C=O) groups is 3. The van der Waals surface area contributed by atoms with Crippen LogP contribution in [0.15, 0.2) is 79.0 Å². The molecular weight excluding hydrogens is 445 g/mol. The molecule has 0 aromatic heterocycles. The van der Waals surface area contributed by atoms with Gasteiger partial charge in [-0.2, -0.15) is 0 Å². The summed E-state index contributed by atoms with van der Waals surface area (Å²) in [6, 6.07) is 19.6. The monoisotopic (exact) mass is 471 g/mol. The first-order valence-corrected chi connectivity index (χ1v) is 11.3. The highest BCUT2D eigenvalue weighted by molar-refractivity contribution is 6.04. The molecule has 0 spiro atoms. The zero-order chi connectivity index (χ0) is 24.9. The number of rotatable bonds is 6. The van der Waals surface area contributed by atoms with Gasteiger partial charge < -0.3 is 15.5 Å². The lowest BCUT2D eigenvalue weighted by atomic mass is 9.93. The lowest BCUT2D eigenvalue weighted by molar-refractivity contribution is -0.130. The van der Waals surface area contributed by atoms with Gasteiger partial charge in [0, 0.05) is 24.4 Å². The molecule has 3 aromatic carbocycles. The Bertz CT molecular complexity index is 1270. The number of fused-ring (bicyclic) bond motifs is 1. The van der Waals surface area contributed by atoms with Gasteiger partial charge in [0.15, 0.2) is 0 Å². The highest BCUT2D eigenvalue weighted by Gasteiger charge is 2.28. The lowest BCUT2D eigenvalue weighted by Gasteiger charge is -2.32. The molecule has 0 saturated carbocycles. The number of carbonyl (C=O) groups excluding carboxylic acids is 3. The van der Waals surface area contributed by atoms with Crippen molar-refractivity contribution in [1.82, 2.24) is 10.2 Å². The van der Waals surface area contributed by atoms with Crippen LogP contribution in [0.3, 0.4) is 0 Å². The number of nitrogens with one attached hydrogen (secondary N) is 2. The van der Waals surface area contributed by atoms with Crippen molar-refractivity contribution >= 4 is 29.5 Å². The average molecular weight is 472 g/mol. The average Bonchev–Trinajstić information content (AvgIpc) is 2.84. The van der Waals surface area contributed by atoms with E-state index in [1.807, 2.05) is 49.4 Å². The molecular formula is C28H26FN3O3. The molecule has 6 nitrogen and oxygen atoms in total. The zero-order valence-corrected chi connectivity index (χ0v) is 19.5. The van der Waals surface area contributed by atoms with Crippen LogP contribution < -0.4 is 10.6 Å². The fourth-order valence-corrected chi connectivity index (χ4v) is 4.13. The number of anilines is 1. The molecule has 0 fully saturated rings. The molecule has 1 aliphatic rings. The Morgan fingerprint density at radius 2 is 1.66 bits per heavy atom. The van der Waals surface area contributed by atoms with Crippen LogP contribution in [0.5, 0.6) is 0 Å². The summed E-state index contributed by atoms with van der Waals surface area (Å²) in [6.45, 7) is 3.36. The number of hydrogen-bond donors (Lipinski definition) is 2. The second-order valence-electron chi connectivity index (χ2n) is 8.46. The van der Waals surface area contributed by atoms with Crippen LogP contribution in [-0.2, 0) is 9.59 Å². The van der Waals surface area contributed by atoms with Crippen LogP contribution >= 0.6 is 0 Å². The minimum atomic E-state index is -0.403. The van der Waals surface area contributed by atoms with Crippen LogP contribution in [0, 0.1) is 5.82 Å². The summed E-state index contributed by atoms with van der Waals surface area (Å²) >= 11 is 0. The third kappa shape index (κ3) is 5.63. The quantitative estimate of drug-likeness (QED) is 0.517. The molecule has 4 rings (SSSR count). The number of halogens is 1. The Balaban J connectivity index is 1.38. The maximum absolute atomic E-state index is 13.1. The minimum Gasteiger partial charge on any atom is -0.350 e. The van der Waals surface area contributed by atoms with Crippen molar-refractivity contribution in [3.8, 4) is 0 Å². The molecule has 3 amide bonds. The number of amides is 3. The molecule has 2 unspecified atom stereocenters. The Labute approximate surface area is 203 Å². The third-order valence-corrected chi connectivity index (χ3v) is 6.00. The van der Waals surface area contributed by atoms with Crippen LogP contribution in [0.1, 0.15) is 59.4 Å². The molecule has 1 aliphatic heterocycles. The van der Waals surface area contributed by atoms with Gasteiger partial charge in [0.25, 0.3) is 5.91 Å². The van der Waals surface area contributed by atoms with Gasteiger partial charge in [0.2, 0.25) is 11.8 Å². The SMILES string of the molecule is CC(=O)N1C=Cc2ccccc2C1CC(=O)NC(C)c1ccc(NC(=O)c2ccc(F)cc2)cc1. The van der Waals surface area contributed by atoms with Crippen molar-refractivity contribution in [3.63, 3.8) is 0 Å². The van der Waals surface area contributed by atoms with Crippen molar-refractivity contribution in [2.75, 3.05) is 5.32 Å². The van der Waals surface area contributed by atoms with Crippen molar-refractivity contribution in [3.05, 3.63) is 107 Å². The number of benzene rings is 3. The van der Waals surface area contributed by atoms with E-state index in [0.29, 0.717) is 11.3 Å². The van der Waals surface area contributed by atoms with Gasteiger partial charge in [-0.1, -0.05) is 36.4 Å². The summed E-state index contributed by atoms with van der Waals surface area (Å²) in [6.07, 6.45) is 3.74. The van der Waals surface area contributed by atoms with Gasteiger partial charge in [-0.05, 0) is 66.1 Å². The number of hydrogen-bond acceptors (Lipinski definition) is 3. The topological polar surface area (TPSA) is 78.5 Å². The Kier molecular flexibility index (Phi) is 7.06. The molecule has 35 heavy (non-hydrogen) atoms. The predicted molar refractivity (Wildman–Crippen MR) is 133 cm³/mol. The van der Waals surface area contributed by atoms with E-state index in [1.165, 1.54) is 31.2 Å². The van der Waals surface area contributed by atoms with Gasteiger partial charge in [0.1, 0.15) is 5.82 Å². The highest BCUT2D eigenvalue weighted by Crippen LogP contribution is 2.33. The Hall–Kier alpha value is -4.26. The molecule has 0 radical (unpaired) electrons. The van der Waals surface area contributed by atoms with Crippen LogP contribution in [-0.4, -0.2) is 22.6 Å². The van der Waals surface area contributed by atoms with Crippen LogP contribution in [0.2, 0.25) is 0 Å². The maximum Gasteiger partial charge on any atom is 0.255 e. The normalized spacial score (nSPS) is 15.2. The van der Waals surface area contributed by atoms with E-state index < -0.39 is 5.82 Å². The maximum atomic E-state index is 13.1. The van der Waals surface area contributed by atoms with Crippen molar-refractivity contribution in [2.24, 2.45) is 0 Å². The standard InChI is InChI=1S/C28H26FN3O3/c1-18(20-9-13-24(14-10-20)31-28(35)22-7-11-23(29)12-8-22)30-27(34)17-26-25-6-4-3-5-21(25)15-16-32(26)19(2)33/h3-16,18,26H,17H2,1-2H3,(H,30,34)(H,31,35). The second kappa shape index (κ2) is 10.3. The second-order valence-corrected chi connectivity index (χ2v) is 8.46. The van der Waals surface area contributed by atoms with E-state index in [-0.39, 0.29) is 36.2 Å². The lowest BCUT2D eigenvalue weighted by Crippen LogP contribution is -2.36. The summed E-state index contributed by atoms with van der Waals surface area (Å²) in [7, 11) is 0.